The van der Waals surface area contributed by atoms with E-state index in [1.807, 2.05) is 13.0 Å². The van der Waals surface area contributed by atoms with Crippen LogP contribution in [0.2, 0.25) is 0 Å². The van der Waals surface area contributed by atoms with E-state index in [1.54, 1.807) is 0 Å². The highest BCUT2D eigenvalue weighted by Crippen LogP contribution is 2.14. The van der Waals surface area contributed by atoms with Crippen LogP contribution < -0.4 is 5.32 Å². The normalized spacial score (nSPS) is 21.3. The lowest BCUT2D eigenvalue weighted by molar-refractivity contribution is -0.125. The number of nitrogens with zero attached hydrogens (tertiary/aromatic N) is 1. The molecule has 1 saturated heterocycles. The average molecular weight is 260 g/mol. The van der Waals surface area contributed by atoms with Gasteiger partial charge in [0, 0.05) is 31.6 Å². The number of hydrogen-bond acceptors (Lipinski definition) is 2. The molecule has 0 spiro atoms. The number of hydrogen-bond donors (Lipinski definition) is 1. The fourth-order valence-corrected chi connectivity index (χ4v) is 2.46. The molecule has 1 aromatic rings. The molecule has 1 aliphatic heterocycles. The Labute approximate surface area is 116 Å². The molecule has 0 bridgehead atoms. The van der Waals surface area contributed by atoms with Gasteiger partial charge in [0.1, 0.15) is 0 Å². The molecule has 3 nitrogen and oxygen atoms in total. The third-order valence-corrected chi connectivity index (χ3v) is 3.93. The largest absolute Gasteiger partial charge is 0.352 e. The van der Waals surface area contributed by atoms with Gasteiger partial charge < -0.3 is 5.32 Å². The minimum Gasteiger partial charge on any atom is -0.352 e. The molecule has 1 aliphatic rings. The number of nitrogens with one attached hydrogen (secondary N) is 1. The Morgan fingerprint density at radius 2 is 2.16 bits per heavy atom. The van der Waals surface area contributed by atoms with Crippen LogP contribution in [0, 0.1) is 5.92 Å². The lowest BCUT2D eigenvalue weighted by Crippen LogP contribution is -2.39. The van der Waals surface area contributed by atoms with Gasteiger partial charge in [-0.3, -0.25) is 9.69 Å². The summed E-state index contributed by atoms with van der Waals surface area (Å²) in [7, 11) is 0. The molecule has 1 N–H and O–H groups in total. The van der Waals surface area contributed by atoms with Gasteiger partial charge in [-0.25, -0.2) is 0 Å². The summed E-state index contributed by atoms with van der Waals surface area (Å²) in [5.74, 6) is 0.331. The fraction of sp³-hybridized carbons (Fsp3) is 0.562. The first-order chi connectivity index (χ1) is 9.19. The Hall–Kier alpha value is -1.35. The van der Waals surface area contributed by atoms with Crippen LogP contribution in [0.1, 0.15) is 32.3 Å². The second kappa shape index (κ2) is 6.71. The van der Waals surface area contributed by atoms with Crippen molar-refractivity contribution in [2.24, 2.45) is 5.92 Å². The van der Waals surface area contributed by atoms with Gasteiger partial charge in [-0.15, -0.1) is 0 Å². The van der Waals surface area contributed by atoms with Crippen LogP contribution in [-0.2, 0) is 11.3 Å². The maximum atomic E-state index is 11.9. The van der Waals surface area contributed by atoms with E-state index in [4.69, 9.17) is 0 Å². The Bertz CT molecular complexity index is 404. The minimum atomic E-state index is 0.128. The Morgan fingerprint density at radius 1 is 1.42 bits per heavy atom. The van der Waals surface area contributed by atoms with E-state index in [0.717, 1.165) is 32.5 Å². The number of carbonyl (C=O) groups is 1. The van der Waals surface area contributed by atoms with Crippen molar-refractivity contribution in [3.63, 3.8) is 0 Å². The van der Waals surface area contributed by atoms with Crippen molar-refractivity contribution in [3.8, 4) is 0 Å². The quantitative estimate of drug-likeness (QED) is 0.882. The molecule has 0 saturated carbocycles. The topological polar surface area (TPSA) is 32.3 Å². The smallest absolute Gasteiger partial charge is 0.223 e. The lowest BCUT2D eigenvalue weighted by Gasteiger charge is -2.18. The molecule has 104 valence electrons. The number of benzene rings is 1. The van der Waals surface area contributed by atoms with Crippen LogP contribution in [0.3, 0.4) is 0 Å². The van der Waals surface area contributed by atoms with Crippen LogP contribution >= 0.6 is 0 Å². The number of rotatable bonds is 5. The van der Waals surface area contributed by atoms with Crippen LogP contribution in [0.25, 0.3) is 0 Å². The molecule has 1 fully saturated rings. The monoisotopic (exact) mass is 260 g/mol. The molecule has 3 heteroatoms. The van der Waals surface area contributed by atoms with Crippen molar-refractivity contribution in [1.82, 2.24) is 10.2 Å². The fourth-order valence-electron chi connectivity index (χ4n) is 2.46. The number of carbonyl (C=O) groups excluding carboxylic acids is 1. The molecule has 2 rings (SSSR count). The van der Waals surface area contributed by atoms with E-state index < -0.39 is 0 Å². The van der Waals surface area contributed by atoms with E-state index in [-0.39, 0.29) is 11.8 Å². The maximum Gasteiger partial charge on any atom is 0.223 e. The van der Waals surface area contributed by atoms with Crippen LogP contribution in [0.5, 0.6) is 0 Å². The van der Waals surface area contributed by atoms with E-state index in [2.05, 4.69) is 41.4 Å². The standard InChI is InChI=1S/C16H24N2O/c1-3-13(2)16(19)17-15-9-10-18(12-15)11-14-7-5-4-6-8-14/h4-8,13,15H,3,9-12H2,1-2H3,(H,17,19)/t13-,15-/m0/s1. The minimum absolute atomic E-state index is 0.128. The predicted octanol–water partition coefficient (Wildman–Crippen LogP) is 2.42. The van der Waals surface area contributed by atoms with Crippen molar-refractivity contribution in [2.45, 2.75) is 39.3 Å². The first kappa shape index (κ1) is 14.1. The number of likely N-dealkylation sites (tertiary alicyclic amines) is 1. The third-order valence-electron chi connectivity index (χ3n) is 3.93. The maximum absolute atomic E-state index is 11.9. The highest BCUT2D eigenvalue weighted by molar-refractivity contribution is 5.78. The van der Waals surface area contributed by atoms with Gasteiger partial charge in [-0.1, -0.05) is 44.2 Å². The Balaban J connectivity index is 1.79. The first-order valence-corrected chi connectivity index (χ1v) is 7.25. The summed E-state index contributed by atoms with van der Waals surface area (Å²) in [6, 6.07) is 10.8. The van der Waals surface area contributed by atoms with E-state index in [1.165, 1.54) is 5.56 Å². The molecule has 1 amide bonds. The van der Waals surface area contributed by atoms with Crippen molar-refractivity contribution in [3.05, 3.63) is 35.9 Å². The van der Waals surface area contributed by atoms with Crippen molar-refractivity contribution >= 4 is 5.91 Å². The van der Waals surface area contributed by atoms with Gasteiger partial charge in [0.25, 0.3) is 0 Å². The molecule has 0 aliphatic carbocycles. The van der Waals surface area contributed by atoms with Gasteiger partial charge in [0.05, 0.1) is 0 Å². The molecule has 0 aromatic heterocycles. The van der Waals surface area contributed by atoms with Gasteiger partial charge in [-0.05, 0) is 18.4 Å². The summed E-state index contributed by atoms with van der Waals surface area (Å²) in [4.78, 5) is 14.3. The third kappa shape index (κ3) is 4.06. The van der Waals surface area contributed by atoms with Gasteiger partial charge >= 0.3 is 0 Å². The molecule has 0 unspecified atom stereocenters. The molecular formula is C16H24N2O. The highest BCUT2D eigenvalue weighted by atomic mass is 16.1. The molecule has 0 radical (unpaired) electrons. The van der Waals surface area contributed by atoms with Crippen LogP contribution in [0.15, 0.2) is 30.3 Å². The van der Waals surface area contributed by atoms with Crippen molar-refractivity contribution in [2.75, 3.05) is 13.1 Å². The van der Waals surface area contributed by atoms with Gasteiger partial charge in [0.2, 0.25) is 5.91 Å². The first-order valence-electron chi connectivity index (χ1n) is 7.25. The lowest BCUT2D eigenvalue weighted by atomic mass is 10.1. The number of amides is 1. The van der Waals surface area contributed by atoms with Gasteiger partial charge in [0.15, 0.2) is 0 Å². The van der Waals surface area contributed by atoms with Crippen LogP contribution in [-0.4, -0.2) is 29.9 Å². The summed E-state index contributed by atoms with van der Waals surface area (Å²) in [6.45, 7) is 7.07. The summed E-state index contributed by atoms with van der Waals surface area (Å²) >= 11 is 0. The van der Waals surface area contributed by atoms with Crippen molar-refractivity contribution < 1.29 is 4.79 Å². The zero-order valence-electron chi connectivity index (χ0n) is 11.9. The Kier molecular flexibility index (Phi) is 4.97. The van der Waals surface area contributed by atoms with E-state index in [0.29, 0.717) is 6.04 Å². The summed E-state index contributed by atoms with van der Waals surface area (Å²) in [5.41, 5.74) is 1.34. The second-order valence-electron chi connectivity index (χ2n) is 5.52. The zero-order valence-corrected chi connectivity index (χ0v) is 11.9. The highest BCUT2D eigenvalue weighted by Gasteiger charge is 2.24. The average Bonchev–Trinajstić information content (AvgIpc) is 2.86. The molecule has 1 aromatic carbocycles. The molecule has 2 atom stereocenters. The summed E-state index contributed by atoms with van der Waals surface area (Å²) in [6.07, 6.45) is 1.97. The Morgan fingerprint density at radius 3 is 2.84 bits per heavy atom. The second-order valence-corrected chi connectivity index (χ2v) is 5.52. The molecular weight excluding hydrogens is 236 g/mol. The predicted molar refractivity (Wildman–Crippen MR) is 77.7 cm³/mol. The van der Waals surface area contributed by atoms with E-state index >= 15 is 0 Å². The van der Waals surface area contributed by atoms with Crippen molar-refractivity contribution in [1.29, 1.82) is 0 Å². The summed E-state index contributed by atoms with van der Waals surface area (Å²) < 4.78 is 0. The SMILES string of the molecule is CC[C@H](C)C(=O)N[C@H]1CCN(Cc2ccccc2)C1. The van der Waals surface area contributed by atoms with Crippen LogP contribution in [0.4, 0.5) is 0 Å². The zero-order chi connectivity index (χ0) is 13.7. The molecule has 19 heavy (non-hydrogen) atoms. The van der Waals surface area contributed by atoms with E-state index in [9.17, 15) is 4.79 Å². The van der Waals surface area contributed by atoms with Gasteiger partial charge in [-0.2, -0.15) is 0 Å². The summed E-state index contributed by atoms with van der Waals surface area (Å²) in [5, 5.41) is 3.16. The molecule has 1 heterocycles.